The molecule has 28 heavy (non-hydrogen) atoms. The van der Waals surface area contributed by atoms with Crippen molar-refractivity contribution in [3.05, 3.63) is 71.7 Å². The van der Waals surface area contributed by atoms with Gasteiger partial charge >= 0.3 is 0 Å². The lowest BCUT2D eigenvalue weighted by atomic mass is 10.2. The van der Waals surface area contributed by atoms with Crippen LogP contribution in [0.4, 0.5) is 5.69 Å². The van der Waals surface area contributed by atoms with Gasteiger partial charge in [0.25, 0.3) is 0 Å². The highest BCUT2D eigenvalue weighted by Crippen LogP contribution is 2.15. The number of carbonyl (C=O) groups is 2. The minimum Gasteiger partial charge on any atom is -0.335 e. The van der Waals surface area contributed by atoms with Crippen LogP contribution in [0.1, 0.15) is 24.0 Å². The van der Waals surface area contributed by atoms with Gasteiger partial charge in [0.1, 0.15) is 5.82 Å². The molecule has 0 spiro atoms. The van der Waals surface area contributed by atoms with Crippen molar-refractivity contribution in [3.63, 3.8) is 0 Å². The number of hydrogen-bond donors (Lipinski definition) is 1. The number of fused-ring (bicyclic) bond motifs is 1. The fourth-order valence-corrected chi connectivity index (χ4v) is 2.83. The number of likely N-dealkylation sites (N-methyl/N-ethyl adjacent to an activating group) is 1. The first-order chi connectivity index (χ1) is 13.4. The summed E-state index contributed by atoms with van der Waals surface area (Å²) >= 11 is 0. The Morgan fingerprint density at radius 1 is 1.07 bits per heavy atom. The van der Waals surface area contributed by atoms with Crippen molar-refractivity contribution < 1.29 is 9.59 Å². The summed E-state index contributed by atoms with van der Waals surface area (Å²) < 4.78 is 0. The van der Waals surface area contributed by atoms with Gasteiger partial charge in [-0.1, -0.05) is 30.3 Å². The van der Waals surface area contributed by atoms with Gasteiger partial charge < -0.3 is 10.2 Å². The van der Waals surface area contributed by atoms with Crippen LogP contribution in [0, 0.1) is 6.92 Å². The maximum Gasteiger partial charge on any atom is 0.246 e. The summed E-state index contributed by atoms with van der Waals surface area (Å²) in [4.78, 5) is 34.1. The molecule has 1 heterocycles. The van der Waals surface area contributed by atoms with Gasteiger partial charge in [0, 0.05) is 36.8 Å². The van der Waals surface area contributed by atoms with E-state index in [4.69, 9.17) is 0 Å². The zero-order valence-corrected chi connectivity index (χ0v) is 16.1. The molecule has 1 aromatic heterocycles. The number of amides is 2. The predicted octanol–water partition coefficient (Wildman–Crippen LogP) is 3.57. The molecule has 142 valence electrons. The molecule has 1 N–H and O–H groups in total. The maximum atomic E-state index is 12.4. The van der Waals surface area contributed by atoms with Crippen LogP contribution in [0.2, 0.25) is 0 Å². The molecule has 0 radical (unpaired) electrons. The van der Waals surface area contributed by atoms with Crippen molar-refractivity contribution in [2.75, 3.05) is 12.4 Å². The smallest absolute Gasteiger partial charge is 0.246 e. The van der Waals surface area contributed by atoms with Gasteiger partial charge in [-0.05, 0) is 36.8 Å². The number of aryl methyl sites for hydroxylation is 1. The first-order valence-corrected chi connectivity index (χ1v) is 8.95. The molecule has 0 aliphatic carbocycles. The Bertz CT molecular complexity index is 1040. The number of carbonyl (C=O) groups excluding carboxylic acids is 2. The summed E-state index contributed by atoms with van der Waals surface area (Å²) in [6.45, 7) is 3.74. The van der Waals surface area contributed by atoms with Gasteiger partial charge in [-0.3, -0.25) is 9.59 Å². The second-order valence-corrected chi connectivity index (χ2v) is 6.57. The van der Waals surface area contributed by atoms with E-state index in [-0.39, 0.29) is 11.8 Å². The molecule has 6 heteroatoms. The SMILES string of the molecule is CC(=O)Nc1ccc(/C=C/C(=O)N(C)Cc2nc(C)c3ccccc3n2)cc1. The van der Waals surface area contributed by atoms with Gasteiger partial charge in [0.15, 0.2) is 0 Å². The maximum absolute atomic E-state index is 12.4. The van der Waals surface area contributed by atoms with Crippen LogP contribution >= 0.6 is 0 Å². The van der Waals surface area contributed by atoms with Gasteiger partial charge in [-0.25, -0.2) is 9.97 Å². The van der Waals surface area contributed by atoms with Crippen molar-refractivity contribution in [1.82, 2.24) is 14.9 Å². The average molecular weight is 374 g/mol. The number of nitrogens with zero attached hydrogens (tertiary/aromatic N) is 3. The largest absolute Gasteiger partial charge is 0.335 e. The average Bonchev–Trinajstić information content (AvgIpc) is 2.66. The fraction of sp³-hybridized carbons (Fsp3) is 0.182. The fourth-order valence-electron chi connectivity index (χ4n) is 2.83. The van der Waals surface area contributed by atoms with Gasteiger partial charge in [-0.15, -0.1) is 0 Å². The molecule has 0 fully saturated rings. The van der Waals surface area contributed by atoms with Crippen LogP contribution in [0.3, 0.4) is 0 Å². The molecule has 6 nitrogen and oxygen atoms in total. The van der Waals surface area contributed by atoms with Gasteiger partial charge in [0.05, 0.1) is 12.1 Å². The number of para-hydroxylation sites is 1. The topological polar surface area (TPSA) is 75.2 Å². The number of nitrogens with one attached hydrogen (secondary N) is 1. The van der Waals surface area contributed by atoms with Gasteiger partial charge in [-0.2, -0.15) is 0 Å². The standard InChI is InChI=1S/C22H22N4O2/c1-15-19-6-4-5-7-20(19)25-21(23-15)14-26(3)22(28)13-10-17-8-11-18(12-9-17)24-16(2)27/h4-13H,14H2,1-3H3,(H,24,27)/b13-10+. The quantitative estimate of drug-likeness (QED) is 0.693. The van der Waals surface area contributed by atoms with Crippen molar-refractivity contribution in [1.29, 1.82) is 0 Å². The molecule has 0 atom stereocenters. The van der Waals surface area contributed by atoms with Crippen LogP contribution in [-0.4, -0.2) is 33.7 Å². The molecule has 3 rings (SSSR count). The van der Waals surface area contributed by atoms with Gasteiger partial charge in [0.2, 0.25) is 11.8 Å². The Morgan fingerprint density at radius 3 is 2.50 bits per heavy atom. The Labute approximate surface area is 163 Å². The number of benzene rings is 2. The summed E-state index contributed by atoms with van der Waals surface area (Å²) in [6.07, 6.45) is 3.25. The summed E-state index contributed by atoms with van der Waals surface area (Å²) in [5.41, 5.74) is 3.36. The Balaban J connectivity index is 1.66. The minimum atomic E-state index is -0.139. The number of aromatic nitrogens is 2. The summed E-state index contributed by atoms with van der Waals surface area (Å²) in [5, 5.41) is 3.72. The first-order valence-electron chi connectivity index (χ1n) is 8.95. The van der Waals surface area contributed by atoms with Crippen molar-refractivity contribution in [3.8, 4) is 0 Å². The van der Waals surface area contributed by atoms with E-state index >= 15 is 0 Å². The van der Waals surface area contributed by atoms with Crippen molar-refractivity contribution in [2.24, 2.45) is 0 Å². The van der Waals surface area contributed by atoms with Crippen LogP contribution in [0.25, 0.3) is 17.0 Å². The van der Waals surface area contributed by atoms with Crippen molar-refractivity contribution in [2.45, 2.75) is 20.4 Å². The number of anilines is 1. The third kappa shape index (κ3) is 4.79. The van der Waals surface area contributed by atoms with E-state index in [0.29, 0.717) is 12.4 Å². The lowest BCUT2D eigenvalue weighted by molar-refractivity contribution is -0.125. The molecule has 0 bridgehead atoms. The van der Waals surface area contributed by atoms with Crippen LogP contribution in [-0.2, 0) is 16.1 Å². The third-order valence-corrected chi connectivity index (χ3v) is 4.24. The van der Waals surface area contributed by atoms with E-state index < -0.39 is 0 Å². The monoisotopic (exact) mass is 374 g/mol. The number of rotatable bonds is 5. The van der Waals surface area contributed by atoms with E-state index in [1.54, 1.807) is 30.2 Å². The van der Waals surface area contributed by atoms with E-state index in [1.807, 2.05) is 43.3 Å². The molecule has 0 saturated carbocycles. The zero-order valence-electron chi connectivity index (χ0n) is 16.1. The molecular weight excluding hydrogens is 352 g/mol. The van der Waals surface area contributed by atoms with E-state index in [2.05, 4.69) is 15.3 Å². The molecule has 0 unspecified atom stereocenters. The van der Waals surface area contributed by atoms with Crippen LogP contribution < -0.4 is 5.32 Å². The Morgan fingerprint density at radius 2 is 1.79 bits per heavy atom. The first kappa shape index (κ1) is 19.2. The van der Waals surface area contributed by atoms with E-state index in [1.165, 1.54) is 13.0 Å². The molecule has 0 saturated heterocycles. The Hall–Kier alpha value is -3.54. The Kier molecular flexibility index (Phi) is 5.79. The summed E-state index contributed by atoms with van der Waals surface area (Å²) in [6, 6.07) is 15.1. The number of hydrogen-bond acceptors (Lipinski definition) is 4. The lowest BCUT2D eigenvalue weighted by Crippen LogP contribution is -2.25. The minimum absolute atomic E-state index is 0.119. The lowest BCUT2D eigenvalue weighted by Gasteiger charge is -2.15. The highest BCUT2D eigenvalue weighted by molar-refractivity contribution is 5.92. The third-order valence-electron chi connectivity index (χ3n) is 4.24. The van der Waals surface area contributed by atoms with E-state index in [9.17, 15) is 9.59 Å². The van der Waals surface area contributed by atoms with E-state index in [0.717, 1.165) is 27.8 Å². The normalized spacial score (nSPS) is 11.0. The highest BCUT2D eigenvalue weighted by Gasteiger charge is 2.10. The summed E-state index contributed by atoms with van der Waals surface area (Å²) in [7, 11) is 1.72. The van der Waals surface area contributed by atoms with Crippen molar-refractivity contribution >= 4 is 34.5 Å². The second-order valence-electron chi connectivity index (χ2n) is 6.57. The van der Waals surface area contributed by atoms with Crippen LogP contribution in [0.15, 0.2) is 54.6 Å². The molecule has 2 amide bonds. The zero-order chi connectivity index (χ0) is 20.1. The molecular formula is C22H22N4O2. The molecule has 0 aliphatic rings. The molecule has 3 aromatic rings. The molecule has 2 aromatic carbocycles. The summed E-state index contributed by atoms with van der Waals surface area (Å²) in [5.74, 6) is 0.353. The molecule has 0 aliphatic heterocycles. The van der Waals surface area contributed by atoms with Crippen LogP contribution in [0.5, 0.6) is 0 Å². The highest BCUT2D eigenvalue weighted by atomic mass is 16.2. The predicted molar refractivity (Wildman–Crippen MR) is 111 cm³/mol. The second kappa shape index (κ2) is 8.43.